The largest absolute Gasteiger partial charge is 0.438 e. The quantitative estimate of drug-likeness (QED) is 0.355. The standard InChI is InChI=1S/C26H22N6O3/c33-22(25-21-8-4-5-15-31(21)32(26(25)34)19-6-2-1-3-7-19)16-18-9-11-20(12-10-18)35-24-14-13-23-28-27-17-30(23)29-24/h1-3,6-7,9-14,17H,4-5,8,15-16H2. The number of hydrogen-bond donors (Lipinski definition) is 0. The van der Waals surface area contributed by atoms with Gasteiger partial charge in [-0.2, -0.15) is 4.52 Å². The smallest absolute Gasteiger partial charge is 0.282 e. The third-order valence-electron chi connectivity index (χ3n) is 6.21. The lowest BCUT2D eigenvalue weighted by atomic mass is 9.99. The maximum Gasteiger partial charge on any atom is 0.282 e. The molecule has 0 fully saturated rings. The number of carbonyl (C=O) groups is 1. The number of para-hydroxylation sites is 1. The molecule has 2 aromatic carbocycles. The molecule has 0 bridgehead atoms. The van der Waals surface area contributed by atoms with Crippen LogP contribution in [0.3, 0.4) is 0 Å². The first-order chi connectivity index (χ1) is 17.2. The molecule has 0 amide bonds. The maximum atomic E-state index is 13.4. The molecule has 4 heterocycles. The molecule has 0 spiro atoms. The molecule has 0 saturated heterocycles. The Kier molecular flexibility index (Phi) is 5.21. The maximum absolute atomic E-state index is 13.4. The summed E-state index contributed by atoms with van der Waals surface area (Å²) in [6.45, 7) is 0.730. The molecule has 174 valence electrons. The van der Waals surface area contributed by atoms with E-state index in [0.29, 0.717) is 22.8 Å². The Labute approximate surface area is 200 Å². The zero-order chi connectivity index (χ0) is 23.8. The van der Waals surface area contributed by atoms with Crippen molar-refractivity contribution in [3.05, 3.63) is 100 Å². The summed E-state index contributed by atoms with van der Waals surface area (Å²) < 4.78 is 11.0. The fraction of sp³-hybridized carbons (Fsp3) is 0.192. The molecule has 9 nitrogen and oxygen atoms in total. The van der Waals surface area contributed by atoms with Crippen LogP contribution in [0.5, 0.6) is 11.6 Å². The van der Waals surface area contributed by atoms with E-state index in [1.54, 1.807) is 28.9 Å². The highest BCUT2D eigenvalue weighted by molar-refractivity contribution is 5.98. The molecule has 6 rings (SSSR count). The third-order valence-corrected chi connectivity index (χ3v) is 6.21. The SMILES string of the molecule is O=C(Cc1ccc(Oc2ccc3nncn3n2)cc1)c1c2n(n(-c3ccccc3)c1=O)CCCC2. The predicted molar refractivity (Wildman–Crippen MR) is 128 cm³/mol. The van der Waals surface area contributed by atoms with Gasteiger partial charge in [-0.25, -0.2) is 4.68 Å². The van der Waals surface area contributed by atoms with Crippen molar-refractivity contribution in [2.24, 2.45) is 0 Å². The minimum Gasteiger partial charge on any atom is -0.438 e. The van der Waals surface area contributed by atoms with Gasteiger partial charge in [0.25, 0.3) is 5.56 Å². The Morgan fingerprint density at radius 1 is 0.971 bits per heavy atom. The van der Waals surface area contributed by atoms with E-state index in [9.17, 15) is 9.59 Å². The van der Waals surface area contributed by atoms with Crippen molar-refractivity contribution in [2.45, 2.75) is 32.2 Å². The average Bonchev–Trinajstić information content (AvgIpc) is 3.47. The van der Waals surface area contributed by atoms with E-state index >= 15 is 0 Å². The second-order valence-electron chi connectivity index (χ2n) is 8.51. The number of rotatable bonds is 6. The van der Waals surface area contributed by atoms with Crippen LogP contribution in [0.25, 0.3) is 11.3 Å². The van der Waals surface area contributed by atoms with Gasteiger partial charge in [0, 0.05) is 19.0 Å². The van der Waals surface area contributed by atoms with Gasteiger partial charge in [-0.3, -0.25) is 14.3 Å². The van der Waals surface area contributed by atoms with Gasteiger partial charge in [0.15, 0.2) is 11.4 Å². The summed E-state index contributed by atoms with van der Waals surface area (Å²) in [5.41, 5.74) is 3.12. The van der Waals surface area contributed by atoms with Crippen LogP contribution in [0.1, 0.15) is 34.5 Å². The van der Waals surface area contributed by atoms with Crippen molar-refractivity contribution < 1.29 is 9.53 Å². The van der Waals surface area contributed by atoms with Crippen LogP contribution in [0.4, 0.5) is 0 Å². The fourth-order valence-electron chi connectivity index (χ4n) is 4.57. The van der Waals surface area contributed by atoms with Crippen LogP contribution in [0, 0.1) is 0 Å². The molecule has 0 radical (unpaired) electrons. The lowest BCUT2D eigenvalue weighted by Crippen LogP contribution is -2.24. The van der Waals surface area contributed by atoms with Gasteiger partial charge in [0.05, 0.1) is 11.4 Å². The molecule has 3 aromatic heterocycles. The highest BCUT2D eigenvalue weighted by atomic mass is 16.5. The Balaban J connectivity index is 1.24. The highest BCUT2D eigenvalue weighted by Gasteiger charge is 2.27. The molecule has 5 aromatic rings. The first kappa shape index (κ1) is 21.0. The number of ether oxygens (including phenoxy) is 1. The number of fused-ring (bicyclic) bond motifs is 2. The van der Waals surface area contributed by atoms with Crippen molar-refractivity contribution in [2.75, 3.05) is 0 Å². The second-order valence-corrected chi connectivity index (χ2v) is 8.51. The van der Waals surface area contributed by atoms with E-state index in [1.807, 2.05) is 47.1 Å². The van der Waals surface area contributed by atoms with E-state index in [-0.39, 0.29) is 17.8 Å². The molecule has 0 N–H and O–H groups in total. The monoisotopic (exact) mass is 466 g/mol. The number of benzene rings is 2. The minimum atomic E-state index is -0.242. The second kappa shape index (κ2) is 8.68. The topological polar surface area (TPSA) is 96.3 Å². The Morgan fingerprint density at radius 2 is 1.80 bits per heavy atom. The summed E-state index contributed by atoms with van der Waals surface area (Å²) in [7, 11) is 0. The zero-order valence-corrected chi connectivity index (χ0v) is 18.9. The number of Topliss-reactive ketones (excluding diaryl/α,β-unsaturated/α-hetero) is 1. The van der Waals surface area contributed by atoms with Gasteiger partial charge in [0.2, 0.25) is 5.88 Å². The van der Waals surface area contributed by atoms with Crippen molar-refractivity contribution >= 4 is 11.4 Å². The van der Waals surface area contributed by atoms with Crippen molar-refractivity contribution in [3.8, 4) is 17.3 Å². The minimum absolute atomic E-state index is 0.145. The fourth-order valence-corrected chi connectivity index (χ4v) is 4.57. The average molecular weight is 467 g/mol. The Bertz CT molecular complexity index is 1580. The van der Waals surface area contributed by atoms with Crippen LogP contribution >= 0.6 is 0 Å². The van der Waals surface area contributed by atoms with Gasteiger partial charge in [0.1, 0.15) is 17.6 Å². The molecular formula is C26H22N6O3. The number of aromatic nitrogens is 6. The Morgan fingerprint density at radius 3 is 2.63 bits per heavy atom. The third kappa shape index (κ3) is 3.90. The van der Waals surface area contributed by atoms with E-state index in [1.165, 1.54) is 10.8 Å². The number of hydrogen-bond acceptors (Lipinski definition) is 6. The molecule has 0 unspecified atom stereocenters. The van der Waals surface area contributed by atoms with Crippen LogP contribution in [0.15, 0.2) is 77.9 Å². The van der Waals surface area contributed by atoms with Crippen LogP contribution in [0.2, 0.25) is 0 Å². The zero-order valence-electron chi connectivity index (χ0n) is 18.9. The van der Waals surface area contributed by atoms with Crippen LogP contribution in [-0.4, -0.2) is 35.0 Å². The molecule has 35 heavy (non-hydrogen) atoms. The van der Waals surface area contributed by atoms with Crippen molar-refractivity contribution in [3.63, 3.8) is 0 Å². The number of ketones is 1. The summed E-state index contributed by atoms with van der Waals surface area (Å²) in [4.78, 5) is 26.7. The van der Waals surface area contributed by atoms with E-state index < -0.39 is 0 Å². The first-order valence-electron chi connectivity index (χ1n) is 11.5. The first-order valence-corrected chi connectivity index (χ1v) is 11.5. The Hall–Kier alpha value is -4.53. The summed E-state index contributed by atoms with van der Waals surface area (Å²) >= 11 is 0. The van der Waals surface area contributed by atoms with Gasteiger partial charge in [-0.15, -0.1) is 15.3 Å². The van der Waals surface area contributed by atoms with E-state index in [0.717, 1.165) is 42.8 Å². The molecular weight excluding hydrogens is 444 g/mol. The highest BCUT2D eigenvalue weighted by Crippen LogP contribution is 2.23. The predicted octanol–water partition coefficient (Wildman–Crippen LogP) is 3.63. The lowest BCUT2D eigenvalue weighted by Gasteiger charge is -2.19. The van der Waals surface area contributed by atoms with E-state index in [4.69, 9.17) is 4.74 Å². The van der Waals surface area contributed by atoms with Crippen LogP contribution in [-0.2, 0) is 19.4 Å². The molecule has 0 saturated carbocycles. The van der Waals surface area contributed by atoms with Gasteiger partial charge in [-0.1, -0.05) is 30.3 Å². The summed E-state index contributed by atoms with van der Waals surface area (Å²) in [5, 5.41) is 12.0. The molecule has 0 atom stereocenters. The number of nitrogens with zero attached hydrogens (tertiary/aromatic N) is 6. The molecule has 0 aliphatic carbocycles. The molecule has 1 aliphatic rings. The number of carbonyl (C=O) groups excluding carboxylic acids is 1. The van der Waals surface area contributed by atoms with Crippen molar-refractivity contribution in [1.29, 1.82) is 0 Å². The van der Waals surface area contributed by atoms with Gasteiger partial charge >= 0.3 is 0 Å². The summed E-state index contributed by atoms with van der Waals surface area (Å²) in [5.74, 6) is 0.834. The van der Waals surface area contributed by atoms with Crippen LogP contribution < -0.4 is 10.3 Å². The van der Waals surface area contributed by atoms with Gasteiger partial charge in [-0.05, 0) is 55.2 Å². The molecule has 9 heteroatoms. The van der Waals surface area contributed by atoms with E-state index in [2.05, 4.69) is 15.3 Å². The van der Waals surface area contributed by atoms with Crippen molar-refractivity contribution in [1.82, 2.24) is 29.2 Å². The lowest BCUT2D eigenvalue weighted by molar-refractivity contribution is 0.0990. The van der Waals surface area contributed by atoms with Gasteiger partial charge < -0.3 is 4.74 Å². The summed E-state index contributed by atoms with van der Waals surface area (Å²) in [6.07, 6.45) is 4.34. The normalized spacial score (nSPS) is 13.0. The molecule has 1 aliphatic heterocycles. The summed E-state index contributed by atoms with van der Waals surface area (Å²) in [6, 6.07) is 20.2.